The Morgan fingerprint density at radius 1 is 1.30 bits per heavy atom. The summed E-state index contributed by atoms with van der Waals surface area (Å²) in [6, 6.07) is 8.87. The van der Waals surface area contributed by atoms with E-state index >= 15 is 0 Å². The van der Waals surface area contributed by atoms with E-state index in [9.17, 15) is 9.59 Å². The summed E-state index contributed by atoms with van der Waals surface area (Å²) >= 11 is 0. The second-order valence-corrected chi connectivity index (χ2v) is 4.70. The lowest BCUT2D eigenvalue weighted by molar-refractivity contribution is -0.152. The number of nitrogens with zero attached hydrogens (tertiary/aromatic N) is 1. The third-order valence-electron chi connectivity index (χ3n) is 3.21. The van der Waals surface area contributed by atoms with Crippen molar-refractivity contribution in [3.63, 3.8) is 0 Å². The molecule has 0 aliphatic heterocycles. The van der Waals surface area contributed by atoms with Gasteiger partial charge in [-0.15, -0.1) is 0 Å². The van der Waals surface area contributed by atoms with E-state index in [4.69, 9.17) is 10.00 Å². The van der Waals surface area contributed by atoms with Crippen molar-refractivity contribution in [2.75, 3.05) is 0 Å². The maximum atomic E-state index is 11.6. The largest absolute Gasteiger partial charge is 0.451 e. The Bertz CT molecular complexity index is 566. The van der Waals surface area contributed by atoms with Crippen molar-refractivity contribution in [3.05, 3.63) is 41.5 Å². The molecule has 4 nitrogen and oxygen atoms in total. The van der Waals surface area contributed by atoms with E-state index in [1.807, 2.05) is 6.07 Å². The van der Waals surface area contributed by atoms with Crippen molar-refractivity contribution >= 4 is 17.8 Å². The van der Waals surface area contributed by atoms with E-state index in [0.717, 1.165) is 18.4 Å². The first kappa shape index (κ1) is 14.0. The van der Waals surface area contributed by atoms with Crippen LogP contribution in [0.15, 0.2) is 30.3 Å². The molecule has 102 valence electrons. The molecule has 1 aromatic rings. The highest BCUT2D eigenvalue weighted by Gasteiger charge is 2.24. The molecule has 0 N–H and O–H groups in total. The second-order valence-electron chi connectivity index (χ2n) is 4.70. The number of ether oxygens (including phenoxy) is 1. The number of carbonyl (C=O) groups excluding carboxylic acids is 2. The van der Waals surface area contributed by atoms with Crippen LogP contribution in [0.5, 0.6) is 0 Å². The van der Waals surface area contributed by atoms with Crippen LogP contribution in [0.3, 0.4) is 0 Å². The molecule has 1 saturated carbocycles. The molecule has 0 saturated heterocycles. The molecule has 4 heteroatoms. The van der Waals surface area contributed by atoms with Crippen LogP contribution in [0.2, 0.25) is 0 Å². The molecule has 1 atom stereocenters. The number of hydrogen-bond acceptors (Lipinski definition) is 4. The Morgan fingerprint density at radius 2 is 2.05 bits per heavy atom. The molecule has 0 aromatic heterocycles. The van der Waals surface area contributed by atoms with Gasteiger partial charge < -0.3 is 4.74 Å². The maximum Gasteiger partial charge on any atom is 0.331 e. The molecule has 1 aliphatic carbocycles. The summed E-state index contributed by atoms with van der Waals surface area (Å²) in [5.41, 5.74) is 1.37. The number of rotatable bonds is 3. The average Bonchev–Trinajstić information content (AvgIpc) is 2.48. The number of hydrogen-bond donors (Lipinski definition) is 0. The minimum absolute atomic E-state index is 0.0105. The van der Waals surface area contributed by atoms with Gasteiger partial charge in [0.2, 0.25) is 0 Å². The van der Waals surface area contributed by atoms with Gasteiger partial charge in [-0.05, 0) is 43.0 Å². The van der Waals surface area contributed by atoms with Crippen molar-refractivity contribution in [2.45, 2.75) is 31.8 Å². The van der Waals surface area contributed by atoms with Crippen molar-refractivity contribution in [1.82, 2.24) is 0 Å². The molecular weight excluding hydrogens is 254 g/mol. The smallest absolute Gasteiger partial charge is 0.331 e. The lowest BCUT2D eigenvalue weighted by Crippen LogP contribution is -2.29. The average molecular weight is 269 g/mol. The first-order valence-corrected chi connectivity index (χ1v) is 6.60. The molecular formula is C16H15NO3. The van der Waals surface area contributed by atoms with E-state index in [0.29, 0.717) is 18.4 Å². The van der Waals surface area contributed by atoms with E-state index in [-0.39, 0.29) is 5.78 Å². The molecule has 2 rings (SSSR count). The molecule has 0 bridgehead atoms. The predicted molar refractivity (Wildman–Crippen MR) is 73.5 cm³/mol. The fraction of sp³-hybridized carbons (Fsp3) is 0.312. The van der Waals surface area contributed by atoms with E-state index in [1.165, 1.54) is 6.08 Å². The fourth-order valence-electron chi connectivity index (χ4n) is 2.09. The van der Waals surface area contributed by atoms with Gasteiger partial charge in [0.15, 0.2) is 11.9 Å². The highest BCUT2D eigenvalue weighted by Crippen LogP contribution is 2.17. The van der Waals surface area contributed by atoms with Gasteiger partial charge in [0.25, 0.3) is 0 Å². The minimum Gasteiger partial charge on any atom is -0.451 e. The van der Waals surface area contributed by atoms with E-state index in [1.54, 1.807) is 30.3 Å². The van der Waals surface area contributed by atoms with Crippen molar-refractivity contribution < 1.29 is 14.3 Å². The quantitative estimate of drug-likeness (QED) is 0.625. The highest BCUT2D eigenvalue weighted by molar-refractivity contribution is 5.91. The number of nitriles is 1. The standard InChI is InChI=1S/C16H15NO3/c17-11-13-7-5-12(6-8-13)9-10-16(19)20-15-4-2-1-3-14(15)18/h5-10,15H,1-4H2/b10-9+/t15-/m1/s1. The summed E-state index contributed by atoms with van der Waals surface area (Å²) in [6.07, 6.45) is 5.26. The summed E-state index contributed by atoms with van der Waals surface area (Å²) in [5, 5.41) is 8.68. The van der Waals surface area contributed by atoms with Crippen LogP contribution in [0.25, 0.3) is 6.08 Å². The lowest BCUT2D eigenvalue weighted by Gasteiger charge is -2.19. The van der Waals surface area contributed by atoms with E-state index in [2.05, 4.69) is 0 Å². The van der Waals surface area contributed by atoms with Crippen molar-refractivity contribution in [3.8, 4) is 6.07 Å². The predicted octanol–water partition coefficient (Wildman–Crippen LogP) is 2.63. The summed E-state index contributed by atoms with van der Waals surface area (Å²) in [6.45, 7) is 0. The van der Waals surface area contributed by atoms with Gasteiger partial charge in [0, 0.05) is 12.5 Å². The van der Waals surface area contributed by atoms with Gasteiger partial charge in [0.05, 0.1) is 11.6 Å². The Hall–Kier alpha value is -2.41. The highest BCUT2D eigenvalue weighted by atomic mass is 16.5. The first-order chi connectivity index (χ1) is 9.69. The second kappa shape index (κ2) is 6.67. The summed E-state index contributed by atoms with van der Waals surface area (Å²) < 4.78 is 5.14. The number of Topliss-reactive ketones (excluding diaryl/α,β-unsaturated/α-hetero) is 1. The summed E-state index contributed by atoms with van der Waals surface area (Å²) in [4.78, 5) is 23.2. The molecule has 1 aliphatic rings. The normalized spacial score (nSPS) is 18.8. The Kier molecular flexibility index (Phi) is 4.67. The van der Waals surface area contributed by atoms with E-state index < -0.39 is 12.1 Å². The van der Waals surface area contributed by atoms with Gasteiger partial charge >= 0.3 is 5.97 Å². The maximum absolute atomic E-state index is 11.6. The monoisotopic (exact) mass is 269 g/mol. The number of carbonyl (C=O) groups is 2. The Labute approximate surface area is 117 Å². The summed E-state index contributed by atoms with van der Waals surface area (Å²) in [5.74, 6) is -0.494. The zero-order valence-electron chi connectivity index (χ0n) is 11.0. The van der Waals surface area contributed by atoms with Crippen LogP contribution in [-0.2, 0) is 14.3 Å². The molecule has 1 fully saturated rings. The SMILES string of the molecule is N#Cc1ccc(/C=C/C(=O)O[C@@H]2CCCCC2=O)cc1. The van der Waals surface area contributed by atoms with Gasteiger partial charge in [-0.25, -0.2) is 4.79 Å². The number of ketones is 1. The molecule has 0 radical (unpaired) electrons. The molecule has 0 heterocycles. The van der Waals surface area contributed by atoms with Gasteiger partial charge in [-0.3, -0.25) is 4.79 Å². The Morgan fingerprint density at radius 3 is 2.70 bits per heavy atom. The molecule has 20 heavy (non-hydrogen) atoms. The fourth-order valence-corrected chi connectivity index (χ4v) is 2.09. The van der Waals surface area contributed by atoms with Crippen molar-refractivity contribution in [1.29, 1.82) is 5.26 Å². The van der Waals surface area contributed by atoms with Crippen LogP contribution in [-0.4, -0.2) is 17.9 Å². The zero-order chi connectivity index (χ0) is 14.4. The lowest BCUT2D eigenvalue weighted by atomic mass is 9.96. The third kappa shape index (κ3) is 3.79. The van der Waals surface area contributed by atoms with Gasteiger partial charge in [0.1, 0.15) is 0 Å². The van der Waals surface area contributed by atoms with Gasteiger partial charge in [-0.1, -0.05) is 12.1 Å². The molecule has 1 aromatic carbocycles. The van der Waals surface area contributed by atoms with Crippen LogP contribution in [0, 0.1) is 11.3 Å². The van der Waals surface area contributed by atoms with Crippen molar-refractivity contribution in [2.24, 2.45) is 0 Å². The van der Waals surface area contributed by atoms with Crippen LogP contribution < -0.4 is 0 Å². The number of benzene rings is 1. The Balaban J connectivity index is 1.91. The zero-order valence-corrected chi connectivity index (χ0v) is 11.0. The van der Waals surface area contributed by atoms with Crippen LogP contribution >= 0.6 is 0 Å². The minimum atomic E-state index is -0.582. The molecule has 0 unspecified atom stereocenters. The third-order valence-corrected chi connectivity index (χ3v) is 3.21. The molecule has 0 spiro atoms. The van der Waals surface area contributed by atoms with Crippen LogP contribution in [0.4, 0.5) is 0 Å². The summed E-state index contributed by atoms with van der Waals surface area (Å²) in [7, 11) is 0. The number of esters is 1. The molecule has 0 amide bonds. The topological polar surface area (TPSA) is 67.2 Å². The van der Waals surface area contributed by atoms with Gasteiger partial charge in [-0.2, -0.15) is 5.26 Å². The van der Waals surface area contributed by atoms with Crippen LogP contribution in [0.1, 0.15) is 36.8 Å². The first-order valence-electron chi connectivity index (χ1n) is 6.60.